The number of carbonyl (C=O) groups is 2. The number of Topliss-reactive ketones (excluding diaryl/α,β-unsaturated/α-hetero) is 1. The highest BCUT2D eigenvalue weighted by atomic mass is 32.2. The van der Waals surface area contributed by atoms with Gasteiger partial charge in [0.25, 0.3) is 10.0 Å². The lowest BCUT2D eigenvalue weighted by Crippen LogP contribution is -2.50. The van der Waals surface area contributed by atoms with Gasteiger partial charge in [0.15, 0.2) is 17.0 Å². The van der Waals surface area contributed by atoms with Gasteiger partial charge in [0.1, 0.15) is 16.2 Å². The van der Waals surface area contributed by atoms with Gasteiger partial charge in [-0.15, -0.1) is 4.40 Å². The number of methoxy groups -OCH3 is 1. The monoisotopic (exact) mass is 561 g/mol. The number of esters is 1. The molecule has 0 saturated carbocycles. The van der Waals surface area contributed by atoms with Gasteiger partial charge in [0.05, 0.1) is 19.1 Å². The number of hydrogen-bond donors (Lipinski definition) is 3. The maximum Gasteiger partial charge on any atom is 0.324 e. The van der Waals surface area contributed by atoms with Gasteiger partial charge in [-0.3, -0.25) is 14.3 Å². The Morgan fingerprint density at radius 3 is 2.53 bits per heavy atom. The highest BCUT2D eigenvalue weighted by molar-refractivity contribution is 7.92. The van der Waals surface area contributed by atoms with Crippen LogP contribution < -0.4 is 10.0 Å². The maximum atomic E-state index is 14.2. The Bertz CT molecular complexity index is 1630. The van der Waals surface area contributed by atoms with Crippen LogP contribution in [0, 0.1) is 5.92 Å². The summed E-state index contributed by atoms with van der Waals surface area (Å²) < 4.78 is 60.5. The van der Waals surface area contributed by atoms with Crippen LogP contribution in [0.1, 0.15) is 37.8 Å². The van der Waals surface area contributed by atoms with E-state index >= 15 is 0 Å². The average molecular weight is 562 g/mol. The summed E-state index contributed by atoms with van der Waals surface area (Å²) in [5, 5.41) is 14.0. The van der Waals surface area contributed by atoms with Gasteiger partial charge in [-0.25, -0.2) is 8.42 Å². The zero-order valence-corrected chi connectivity index (χ0v) is 22.7. The normalized spacial score (nSPS) is 20.2. The molecule has 1 aliphatic carbocycles. The Hall–Kier alpha value is -3.71. The Morgan fingerprint density at radius 1 is 1.21 bits per heavy atom. The summed E-state index contributed by atoms with van der Waals surface area (Å²) in [5.74, 6) is -2.56. The molecule has 2 aromatic carbocycles. The minimum Gasteiger partial charge on any atom is -0.506 e. The van der Waals surface area contributed by atoms with Crippen LogP contribution in [0.25, 0.3) is 5.76 Å². The van der Waals surface area contributed by atoms with E-state index in [1.807, 2.05) is 13.8 Å². The van der Waals surface area contributed by atoms with Crippen molar-refractivity contribution in [2.75, 3.05) is 23.4 Å². The van der Waals surface area contributed by atoms with Crippen LogP contribution in [0.15, 0.2) is 57.3 Å². The van der Waals surface area contributed by atoms with Crippen molar-refractivity contribution in [3.05, 3.63) is 59.2 Å². The van der Waals surface area contributed by atoms with Crippen molar-refractivity contribution in [2.24, 2.45) is 10.3 Å². The van der Waals surface area contributed by atoms with Crippen LogP contribution in [-0.4, -0.2) is 52.9 Å². The molecule has 0 radical (unpaired) electrons. The molecule has 2 aliphatic rings. The van der Waals surface area contributed by atoms with E-state index in [1.54, 1.807) is 18.2 Å². The Labute approximate surface area is 220 Å². The lowest BCUT2D eigenvalue weighted by atomic mass is 9.65. The molecule has 0 amide bonds. The van der Waals surface area contributed by atoms with Gasteiger partial charge in [-0.1, -0.05) is 38.1 Å². The zero-order chi connectivity index (χ0) is 28.0. The number of ketones is 1. The van der Waals surface area contributed by atoms with Gasteiger partial charge in [0.2, 0.25) is 10.0 Å². The lowest BCUT2D eigenvalue weighted by molar-refractivity contribution is -0.151. The van der Waals surface area contributed by atoms with Crippen LogP contribution in [0.3, 0.4) is 0 Å². The Kier molecular flexibility index (Phi) is 6.87. The van der Waals surface area contributed by atoms with E-state index in [9.17, 15) is 31.5 Å². The molecule has 0 bridgehead atoms. The first-order valence-corrected chi connectivity index (χ1v) is 14.9. The molecule has 0 saturated heterocycles. The van der Waals surface area contributed by atoms with Gasteiger partial charge in [-0.05, 0) is 42.5 Å². The number of nitrogens with zero attached hydrogens (tertiary/aromatic N) is 1. The van der Waals surface area contributed by atoms with E-state index < -0.39 is 54.4 Å². The standard InChI is InChI=1S/C25H27N3O8S2/c1-14(2)11-12-25(24(31)36-3)17-8-6-5-7-16(17)21(29)20(22(25)30)23-26-18-10-9-15(27-37(4,32)33)13-19(18)38(34,35)28-23/h5-10,13-14,27,29H,11-12H2,1-4H3,(H,26,28). The van der Waals surface area contributed by atoms with E-state index in [0.29, 0.717) is 6.42 Å². The van der Waals surface area contributed by atoms with Crippen LogP contribution in [0.5, 0.6) is 0 Å². The molecule has 1 unspecified atom stereocenters. The molecule has 1 aliphatic heterocycles. The molecular weight excluding hydrogens is 534 g/mol. The van der Waals surface area contributed by atoms with Gasteiger partial charge in [0, 0.05) is 11.3 Å². The number of aliphatic hydroxyl groups excluding tert-OH is 1. The number of anilines is 2. The highest BCUT2D eigenvalue weighted by Crippen LogP contribution is 2.45. The van der Waals surface area contributed by atoms with Crippen LogP contribution >= 0.6 is 0 Å². The average Bonchev–Trinajstić information content (AvgIpc) is 2.83. The minimum absolute atomic E-state index is 0.00148. The molecule has 4 rings (SSSR count). The fourth-order valence-electron chi connectivity index (χ4n) is 4.64. The van der Waals surface area contributed by atoms with E-state index in [2.05, 4.69) is 14.4 Å². The van der Waals surface area contributed by atoms with Crippen LogP contribution in [0.4, 0.5) is 11.4 Å². The summed E-state index contributed by atoms with van der Waals surface area (Å²) in [4.78, 5) is 27.1. The predicted molar refractivity (Wildman–Crippen MR) is 142 cm³/mol. The van der Waals surface area contributed by atoms with Crippen LogP contribution in [-0.2, 0) is 39.8 Å². The minimum atomic E-state index is -4.45. The second kappa shape index (κ2) is 9.55. The summed E-state index contributed by atoms with van der Waals surface area (Å²) in [6.45, 7) is 3.86. The lowest BCUT2D eigenvalue weighted by Gasteiger charge is -2.37. The highest BCUT2D eigenvalue weighted by Gasteiger charge is 2.55. The van der Waals surface area contributed by atoms with Gasteiger partial charge in [-0.2, -0.15) is 8.42 Å². The second-order valence-electron chi connectivity index (χ2n) is 9.55. The molecule has 2 aromatic rings. The number of sulfonamides is 2. The van der Waals surface area contributed by atoms with Crippen molar-refractivity contribution in [2.45, 2.75) is 37.0 Å². The van der Waals surface area contributed by atoms with Crippen molar-refractivity contribution in [3.8, 4) is 0 Å². The first-order chi connectivity index (χ1) is 17.7. The van der Waals surface area contributed by atoms with Crippen molar-refractivity contribution >= 4 is 54.8 Å². The molecule has 13 heteroatoms. The third-order valence-electron chi connectivity index (χ3n) is 6.39. The number of carbonyl (C=O) groups excluding carboxylic acids is 2. The number of aliphatic hydroxyl groups is 1. The first-order valence-electron chi connectivity index (χ1n) is 11.6. The van der Waals surface area contributed by atoms with Crippen molar-refractivity contribution in [3.63, 3.8) is 0 Å². The van der Waals surface area contributed by atoms with Crippen molar-refractivity contribution < 1.29 is 36.3 Å². The number of hydrogen-bond acceptors (Lipinski definition) is 9. The third-order valence-corrected chi connectivity index (χ3v) is 8.31. The summed E-state index contributed by atoms with van der Waals surface area (Å²) in [6, 6.07) is 10.1. The molecule has 1 atom stereocenters. The number of amidine groups is 1. The quantitative estimate of drug-likeness (QED) is 0.340. The Morgan fingerprint density at radius 2 is 1.89 bits per heavy atom. The Balaban J connectivity index is 1.91. The SMILES string of the molecule is COC(=O)C1(CCC(C)C)C(=O)C(C2=NS(=O)(=O)c3cc(NS(C)(=O)=O)ccc3N2)=C(O)c2ccccc21. The molecular formula is C25H27N3O8S2. The number of rotatable bonds is 7. The van der Waals surface area contributed by atoms with E-state index in [1.165, 1.54) is 18.2 Å². The van der Waals surface area contributed by atoms with Crippen molar-refractivity contribution in [1.29, 1.82) is 0 Å². The molecule has 202 valence electrons. The molecule has 0 spiro atoms. The third kappa shape index (κ3) is 4.67. The largest absolute Gasteiger partial charge is 0.506 e. The summed E-state index contributed by atoms with van der Waals surface area (Å²) in [6.07, 6.45) is 1.44. The molecule has 0 fully saturated rings. The topological polar surface area (TPSA) is 168 Å². The molecule has 1 heterocycles. The number of ether oxygens (including phenoxy) is 1. The molecule has 3 N–H and O–H groups in total. The fourth-order valence-corrected chi connectivity index (χ4v) is 6.34. The second-order valence-corrected chi connectivity index (χ2v) is 12.9. The molecule has 0 aromatic heterocycles. The molecule has 38 heavy (non-hydrogen) atoms. The predicted octanol–water partition coefficient (Wildman–Crippen LogP) is 2.97. The first kappa shape index (κ1) is 27.3. The van der Waals surface area contributed by atoms with Gasteiger partial charge < -0.3 is 15.2 Å². The summed E-state index contributed by atoms with van der Waals surface area (Å²) >= 11 is 0. The summed E-state index contributed by atoms with van der Waals surface area (Å²) in [5.41, 5.74) is -1.86. The van der Waals surface area contributed by atoms with Crippen LogP contribution in [0.2, 0.25) is 0 Å². The maximum absolute atomic E-state index is 14.2. The van der Waals surface area contributed by atoms with E-state index in [4.69, 9.17) is 4.74 Å². The fraction of sp³-hybridized carbons (Fsp3) is 0.320. The van der Waals surface area contributed by atoms with E-state index in [0.717, 1.165) is 19.4 Å². The van der Waals surface area contributed by atoms with Crippen molar-refractivity contribution in [1.82, 2.24) is 0 Å². The zero-order valence-electron chi connectivity index (χ0n) is 21.1. The van der Waals surface area contributed by atoms with E-state index in [-0.39, 0.29) is 39.7 Å². The number of benzene rings is 2. The number of nitrogens with one attached hydrogen (secondary N) is 2. The summed E-state index contributed by atoms with van der Waals surface area (Å²) in [7, 11) is -6.97. The molecule has 11 nitrogen and oxygen atoms in total. The smallest absolute Gasteiger partial charge is 0.324 e. The number of fused-ring (bicyclic) bond motifs is 2. The van der Waals surface area contributed by atoms with Gasteiger partial charge >= 0.3 is 5.97 Å².